The highest BCUT2D eigenvalue weighted by atomic mass is 15.1. The number of benzene rings is 12. The largest absolute Gasteiger partial charge is 0.324 e. The minimum atomic E-state index is 0.850. The Morgan fingerprint density at radius 2 is 0.894 bits per heavy atom. The lowest BCUT2D eigenvalue weighted by molar-refractivity contribution is 0.796. The molecule has 0 aliphatic carbocycles. The molecule has 0 N–H and O–H groups in total. The number of aryl methyl sites for hydroxylation is 2. The summed E-state index contributed by atoms with van der Waals surface area (Å²) in [7, 11) is 0. The average molecular weight is 841 g/mol. The first-order valence-electron chi connectivity index (χ1n) is 23.1. The topological polar surface area (TPSA) is 17.8 Å². The Labute approximate surface area is 383 Å². The fourth-order valence-electron chi connectivity index (χ4n) is 11.1. The van der Waals surface area contributed by atoms with Gasteiger partial charge in [0.05, 0.1) is 11.0 Å². The smallest absolute Gasteiger partial charge is 0.141 e. The molecule has 0 fully saturated rings. The van der Waals surface area contributed by atoms with E-state index in [1.54, 1.807) is 0 Å². The van der Waals surface area contributed by atoms with E-state index in [1.807, 2.05) is 0 Å². The molecular formula is C64H44N2. The third kappa shape index (κ3) is 5.92. The normalized spacial score (nSPS) is 11.8. The zero-order valence-corrected chi connectivity index (χ0v) is 36.9. The Balaban J connectivity index is 0.914. The maximum Gasteiger partial charge on any atom is 0.141 e. The highest BCUT2D eigenvalue weighted by Crippen LogP contribution is 2.46. The standard InChI is InChI=1S/C64H44N2/c1-3-66-58-37-35-49(39-57(58)65-64(66)46-15-5-4-6-16-46)62-53-22-9-7-20-51(53)61(52-21-8-10-23-54(52)62)45-28-26-41(27-29-45)47-34-36-50-48(38-47)33-32-43-18-12-24-55(60(43)50)56-25-13-19-44-31-30-42-17-11-14-40(2)59(42)63(44)56/h4-39H,3H2,1-2H3. The van der Waals surface area contributed by atoms with Gasteiger partial charge < -0.3 is 4.57 Å². The van der Waals surface area contributed by atoms with Crippen LogP contribution in [0.4, 0.5) is 0 Å². The van der Waals surface area contributed by atoms with Crippen LogP contribution in [-0.2, 0) is 6.54 Å². The maximum atomic E-state index is 5.23. The number of hydrogen-bond donors (Lipinski definition) is 0. The van der Waals surface area contributed by atoms with Gasteiger partial charge in [0.1, 0.15) is 5.82 Å². The lowest BCUT2D eigenvalue weighted by Crippen LogP contribution is -1.97. The van der Waals surface area contributed by atoms with E-state index in [4.69, 9.17) is 4.98 Å². The van der Waals surface area contributed by atoms with Crippen LogP contribution in [0.25, 0.3) is 132 Å². The summed E-state index contributed by atoms with van der Waals surface area (Å²) in [6.07, 6.45) is 0. The predicted molar refractivity (Wildman–Crippen MR) is 282 cm³/mol. The molecular weight excluding hydrogens is 797 g/mol. The first-order valence-corrected chi connectivity index (χ1v) is 23.1. The third-order valence-corrected chi connectivity index (χ3v) is 14.1. The zero-order chi connectivity index (χ0) is 43.9. The van der Waals surface area contributed by atoms with Crippen molar-refractivity contribution in [2.45, 2.75) is 20.4 Å². The summed E-state index contributed by atoms with van der Waals surface area (Å²) >= 11 is 0. The highest BCUT2D eigenvalue weighted by Gasteiger charge is 2.20. The summed E-state index contributed by atoms with van der Waals surface area (Å²) in [6.45, 7) is 5.28. The van der Waals surface area contributed by atoms with Crippen molar-refractivity contribution in [2.24, 2.45) is 0 Å². The predicted octanol–water partition coefficient (Wildman–Crippen LogP) is 17.6. The van der Waals surface area contributed by atoms with Gasteiger partial charge in [0.15, 0.2) is 0 Å². The third-order valence-electron chi connectivity index (χ3n) is 14.1. The van der Waals surface area contributed by atoms with Gasteiger partial charge in [0, 0.05) is 12.1 Å². The van der Waals surface area contributed by atoms with E-state index in [2.05, 4.69) is 237 Å². The van der Waals surface area contributed by atoms with E-state index in [-0.39, 0.29) is 0 Å². The summed E-state index contributed by atoms with van der Waals surface area (Å²) in [4.78, 5) is 5.23. The molecule has 13 aromatic rings. The van der Waals surface area contributed by atoms with Crippen LogP contribution in [-0.4, -0.2) is 9.55 Å². The van der Waals surface area contributed by atoms with Crippen molar-refractivity contribution < 1.29 is 0 Å². The van der Waals surface area contributed by atoms with Gasteiger partial charge in [0.2, 0.25) is 0 Å². The summed E-state index contributed by atoms with van der Waals surface area (Å²) in [5, 5.41) is 15.2. The van der Waals surface area contributed by atoms with E-state index in [0.717, 1.165) is 29.0 Å². The lowest BCUT2D eigenvalue weighted by atomic mass is 9.85. The molecule has 2 heteroatoms. The van der Waals surface area contributed by atoms with E-state index >= 15 is 0 Å². The second-order valence-electron chi connectivity index (χ2n) is 17.7. The molecule has 66 heavy (non-hydrogen) atoms. The fraction of sp³-hybridized carbons (Fsp3) is 0.0469. The van der Waals surface area contributed by atoms with Crippen LogP contribution in [0.3, 0.4) is 0 Å². The highest BCUT2D eigenvalue weighted by molar-refractivity contribution is 6.23. The minimum Gasteiger partial charge on any atom is -0.324 e. The molecule has 1 aromatic heterocycles. The molecule has 0 radical (unpaired) electrons. The van der Waals surface area contributed by atoms with Gasteiger partial charge in [-0.25, -0.2) is 4.98 Å². The van der Waals surface area contributed by atoms with Crippen molar-refractivity contribution in [3.05, 3.63) is 224 Å². The van der Waals surface area contributed by atoms with E-state index in [9.17, 15) is 0 Å². The van der Waals surface area contributed by atoms with Crippen LogP contribution in [0, 0.1) is 6.92 Å². The van der Waals surface area contributed by atoms with Crippen LogP contribution in [0.1, 0.15) is 12.5 Å². The zero-order valence-electron chi connectivity index (χ0n) is 36.9. The van der Waals surface area contributed by atoms with Gasteiger partial charge in [0.25, 0.3) is 0 Å². The minimum absolute atomic E-state index is 0.850. The van der Waals surface area contributed by atoms with Crippen molar-refractivity contribution in [3.63, 3.8) is 0 Å². The molecule has 1 heterocycles. The molecule has 2 nitrogen and oxygen atoms in total. The molecule has 310 valence electrons. The van der Waals surface area contributed by atoms with Crippen molar-refractivity contribution in [1.82, 2.24) is 9.55 Å². The Morgan fingerprint density at radius 3 is 1.56 bits per heavy atom. The van der Waals surface area contributed by atoms with Gasteiger partial charge in [-0.2, -0.15) is 0 Å². The van der Waals surface area contributed by atoms with Crippen LogP contribution < -0.4 is 0 Å². The Kier molecular flexibility index (Phi) is 8.76. The van der Waals surface area contributed by atoms with Crippen molar-refractivity contribution in [3.8, 4) is 55.9 Å². The van der Waals surface area contributed by atoms with E-state index < -0.39 is 0 Å². The van der Waals surface area contributed by atoms with Crippen LogP contribution >= 0.6 is 0 Å². The molecule has 0 atom stereocenters. The van der Waals surface area contributed by atoms with Gasteiger partial charge in [-0.3, -0.25) is 0 Å². The molecule has 0 saturated heterocycles. The number of fused-ring (bicyclic) bond motifs is 9. The number of aromatic nitrogens is 2. The van der Waals surface area contributed by atoms with Crippen LogP contribution in [0.5, 0.6) is 0 Å². The first kappa shape index (κ1) is 38.2. The fourth-order valence-corrected chi connectivity index (χ4v) is 11.1. The lowest BCUT2D eigenvalue weighted by Gasteiger charge is -2.18. The molecule has 0 amide bonds. The summed E-state index contributed by atoms with van der Waals surface area (Å²) in [5.41, 5.74) is 14.4. The molecule has 0 aliphatic heterocycles. The van der Waals surface area contributed by atoms with Crippen LogP contribution in [0.2, 0.25) is 0 Å². The number of hydrogen-bond acceptors (Lipinski definition) is 1. The van der Waals surface area contributed by atoms with E-state index in [0.29, 0.717) is 0 Å². The summed E-state index contributed by atoms with van der Waals surface area (Å²) in [6, 6.07) is 80.7. The Morgan fingerprint density at radius 1 is 0.364 bits per heavy atom. The first-order chi connectivity index (χ1) is 32.6. The molecule has 13 rings (SSSR count). The average Bonchev–Trinajstić information content (AvgIpc) is 3.75. The van der Waals surface area contributed by atoms with Gasteiger partial charge in [-0.05, 0) is 147 Å². The quantitative estimate of drug-likeness (QED) is 0.120. The molecule has 0 unspecified atom stereocenters. The van der Waals surface area contributed by atoms with Crippen LogP contribution in [0.15, 0.2) is 218 Å². The summed E-state index contributed by atoms with van der Waals surface area (Å²) < 4.78 is 2.32. The van der Waals surface area contributed by atoms with Gasteiger partial charge in [-0.15, -0.1) is 0 Å². The Hall–Kier alpha value is -8.33. The monoisotopic (exact) mass is 840 g/mol. The summed E-state index contributed by atoms with van der Waals surface area (Å²) in [5.74, 6) is 1.01. The number of imidazole rings is 1. The number of rotatable bonds is 6. The maximum absolute atomic E-state index is 5.23. The molecule has 0 aliphatic rings. The second kappa shape index (κ2) is 15.1. The molecule has 0 spiro atoms. The molecule has 0 saturated carbocycles. The Bertz CT molecular complexity index is 4020. The van der Waals surface area contributed by atoms with Gasteiger partial charge >= 0.3 is 0 Å². The van der Waals surface area contributed by atoms with Crippen molar-refractivity contribution in [1.29, 1.82) is 0 Å². The van der Waals surface area contributed by atoms with Gasteiger partial charge in [-0.1, -0.05) is 200 Å². The second-order valence-corrected chi connectivity index (χ2v) is 17.7. The van der Waals surface area contributed by atoms with Crippen molar-refractivity contribution >= 4 is 75.7 Å². The van der Waals surface area contributed by atoms with Crippen molar-refractivity contribution in [2.75, 3.05) is 0 Å². The molecule has 12 aromatic carbocycles. The number of nitrogens with zero attached hydrogens (tertiary/aromatic N) is 2. The molecule has 0 bridgehead atoms. The SMILES string of the molecule is CCn1c(-c2ccccc2)nc2cc(-c3c4ccccc4c(-c4ccc(-c5ccc6c(ccc7cccc(-c8cccc9ccc%10cccc(C)c%10c89)c76)c5)cc4)c4ccccc34)ccc21. The van der Waals surface area contributed by atoms with E-state index in [1.165, 1.54) is 115 Å².